The van der Waals surface area contributed by atoms with E-state index in [-0.39, 0.29) is 34.6 Å². The van der Waals surface area contributed by atoms with Gasteiger partial charge < -0.3 is 4.74 Å². The van der Waals surface area contributed by atoms with Gasteiger partial charge in [0.15, 0.2) is 5.75 Å². The van der Waals surface area contributed by atoms with Gasteiger partial charge in [0.25, 0.3) is 0 Å². The fourth-order valence-corrected chi connectivity index (χ4v) is 1.45. The Kier molecular flexibility index (Phi) is 5.51. The summed E-state index contributed by atoms with van der Waals surface area (Å²) in [5.74, 6) is 0.0373. The first kappa shape index (κ1) is 14.4. The Morgan fingerprint density at radius 1 is 1.44 bits per heavy atom. The van der Waals surface area contributed by atoms with Crippen LogP contribution in [0.2, 0.25) is 10.0 Å². The van der Waals surface area contributed by atoms with Gasteiger partial charge in [-0.3, -0.25) is 10.1 Å². The highest BCUT2D eigenvalue weighted by atomic mass is 35.5. The monoisotopic (exact) mass is 290 g/mol. The van der Waals surface area contributed by atoms with Gasteiger partial charge in [-0.25, -0.2) is 0 Å². The van der Waals surface area contributed by atoms with Crippen LogP contribution >= 0.6 is 23.2 Å². The smallest absolute Gasteiger partial charge is 0.312 e. The van der Waals surface area contributed by atoms with Crippen molar-refractivity contribution in [2.45, 2.75) is 6.42 Å². The van der Waals surface area contributed by atoms with Crippen molar-refractivity contribution < 1.29 is 9.66 Å². The second kappa shape index (κ2) is 6.90. The number of benzene rings is 1. The number of azide groups is 1. The Hall–Kier alpha value is -1.69. The van der Waals surface area contributed by atoms with Crippen LogP contribution in [-0.2, 0) is 0 Å². The zero-order chi connectivity index (χ0) is 13.5. The standard InChI is InChI=1S/C9H8Cl2N4O3/c10-6-4-8(15(16)17)9(5-7(6)11)18-3-1-2-13-14-12/h4-5H,1-3H2. The van der Waals surface area contributed by atoms with E-state index in [0.717, 1.165) is 6.07 Å². The number of nitro benzene ring substituents is 1. The van der Waals surface area contributed by atoms with E-state index in [0.29, 0.717) is 6.42 Å². The van der Waals surface area contributed by atoms with Gasteiger partial charge in [-0.15, -0.1) is 0 Å². The lowest BCUT2D eigenvalue weighted by molar-refractivity contribution is -0.385. The first-order chi connectivity index (χ1) is 8.56. The molecular formula is C9H8Cl2N4O3. The van der Waals surface area contributed by atoms with Gasteiger partial charge in [0.05, 0.1) is 21.6 Å². The van der Waals surface area contributed by atoms with E-state index >= 15 is 0 Å². The molecule has 0 radical (unpaired) electrons. The molecule has 0 atom stereocenters. The topological polar surface area (TPSA) is 101 Å². The minimum absolute atomic E-state index is 0.0373. The quantitative estimate of drug-likeness (QED) is 0.198. The van der Waals surface area contributed by atoms with Crippen molar-refractivity contribution in [3.05, 3.63) is 42.7 Å². The van der Waals surface area contributed by atoms with Gasteiger partial charge in [-0.1, -0.05) is 28.3 Å². The van der Waals surface area contributed by atoms with Crippen molar-refractivity contribution in [2.75, 3.05) is 13.2 Å². The molecule has 1 aromatic rings. The van der Waals surface area contributed by atoms with Gasteiger partial charge >= 0.3 is 5.69 Å². The van der Waals surface area contributed by atoms with E-state index in [1.54, 1.807) is 0 Å². The predicted molar refractivity (Wildman–Crippen MR) is 67.2 cm³/mol. The van der Waals surface area contributed by atoms with Crippen LogP contribution in [0.3, 0.4) is 0 Å². The van der Waals surface area contributed by atoms with Gasteiger partial charge in [0.2, 0.25) is 0 Å². The zero-order valence-electron chi connectivity index (χ0n) is 9.05. The third kappa shape index (κ3) is 3.96. The SMILES string of the molecule is [N-]=[N+]=NCCCOc1cc(Cl)c(Cl)cc1[N+](=O)[O-]. The fourth-order valence-electron chi connectivity index (χ4n) is 1.14. The van der Waals surface area contributed by atoms with Crippen molar-refractivity contribution in [1.82, 2.24) is 0 Å². The average Bonchev–Trinajstić information content (AvgIpc) is 2.32. The lowest BCUT2D eigenvalue weighted by Gasteiger charge is -2.07. The van der Waals surface area contributed by atoms with Crippen molar-refractivity contribution in [2.24, 2.45) is 5.11 Å². The summed E-state index contributed by atoms with van der Waals surface area (Å²) >= 11 is 11.4. The van der Waals surface area contributed by atoms with E-state index in [9.17, 15) is 10.1 Å². The molecule has 0 saturated heterocycles. The molecule has 0 unspecified atom stereocenters. The number of nitrogens with zero attached hydrogens (tertiary/aromatic N) is 4. The van der Waals surface area contributed by atoms with Crippen LogP contribution in [-0.4, -0.2) is 18.1 Å². The van der Waals surface area contributed by atoms with Gasteiger partial charge in [-0.2, -0.15) is 0 Å². The van der Waals surface area contributed by atoms with E-state index in [1.807, 2.05) is 0 Å². The van der Waals surface area contributed by atoms with Crippen molar-refractivity contribution in [1.29, 1.82) is 0 Å². The number of rotatable bonds is 6. The molecule has 0 bridgehead atoms. The maximum atomic E-state index is 10.8. The first-order valence-corrected chi connectivity index (χ1v) is 5.59. The van der Waals surface area contributed by atoms with E-state index in [2.05, 4.69) is 10.0 Å². The van der Waals surface area contributed by atoms with Crippen LogP contribution in [0.5, 0.6) is 5.75 Å². The maximum absolute atomic E-state index is 10.8. The van der Waals surface area contributed by atoms with Gasteiger partial charge in [0, 0.05) is 23.6 Å². The van der Waals surface area contributed by atoms with Crippen LogP contribution in [0.15, 0.2) is 17.2 Å². The Balaban J connectivity index is 2.77. The molecule has 0 N–H and O–H groups in total. The molecule has 9 heteroatoms. The second-order valence-corrected chi connectivity index (χ2v) is 3.96. The summed E-state index contributed by atoms with van der Waals surface area (Å²) in [7, 11) is 0. The Bertz CT molecular complexity index is 503. The summed E-state index contributed by atoms with van der Waals surface area (Å²) in [4.78, 5) is 12.7. The van der Waals surface area contributed by atoms with E-state index in [4.69, 9.17) is 33.5 Å². The number of halogens is 2. The normalized spacial score (nSPS) is 9.67. The summed E-state index contributed by atoms with van der Waals surface area (Å²) in [6, 6.07) is 2.42. The summed E-state index contributed by atoms with van der Waals surface area (Å²) in [5.41, 5.74) is 7.81. The third-order valence-electron chi connectivity index (χ3n) is 1.92. The highest BCUT2D eigenvalue weighted by Gasteiger charge is 2.18. The Morgan fingerprint density at radius 2 is 2.11 bits per heavy atom. The minimum atomic E-state index is -0.606. The van der Waals surface area contributed by atoms with Crippen LogP contribution in [0, 0.1) is 10.1 Å². The lowest BCUT2D eigenvalue weighted by atomic mass is 10.3. The molecule has 1 rings (SSSR count). The highest BCUT2D eigenvalue weighted by Crippen LogP contribution is 2.35. The number of ether oxygens (including phenoxy) is 1. The fraction of sp³-hybridized carbons (Fsp3) is 0.333. The summed E-state index contributed by atoms with van der Waals surface area (Å²) < 4.78 is 5.21. The Morgan fingerprint density at radius 3 is 2.72 bits per heavy atom. The molecule has 0 heterocycles. The molecule has 7 nitrogen and oxygen atoms in total. The third-order valence-corrected chi connectivity index (χ3v) is 2.64. The Labute approximate surface area is 112 Å². The summed E-state index contributed by atoms with van der Waals surface area (Å²) in [6.07, 6.45) is 0.446. The second-order valence-electron chi connectivity index (χ2n) is 3.15. The molecule has 0 aromatic heterocycles. The molecule has 1 aromatic carbocycles. The van der Waals surface area contributed by atoms with Crippen molar-refractivity contribution >= 4 is 28.9 Å². The van der Waals surface area contributed by atoms with Crippen LogP contribution in [0.25, 0.3) is 10.4 Å². The number of hydrogen-bond donors (Lipinski definition) is 0. The highest BCUT2D eigenvalue weighted by molar-refractivity contribution is 6.42. The molecule has 0 aliphatic carbocycles. The minimum Gasteiger partial charge on any atom is -0.487 e. The van der Waals surface area contributed by atoms with E-state index in [1.165, 1.54) is 6.07 Å². The maximum Gasteiger partial charge on any atom is 0.312 e. The molecule has 0 saturated carbocycles. The largest absolute Gasteiger partial charge is 0.487 e. The van der Waals surface area contributed by atoms with Crippen LogP contribution in [0.4, 0.5) is 5.69 Å². The molecule has 0 amide bonds. The van der Waals surface area contributed by atoms with Gasteiger partial charge in [0.1, 0.15) is 0 Å². The average molecular weight is 291 g/mol. The summed E-state index contributed by atoms with van der Waals surface area (Å²) in [6.45, 7) is 0.434. The van der Waals surface area contributed by atoms with Crippen molar-refractivity contribution in [3.8, 4) is 5.75 Å². The number of hydrogen-bond acceptors (Lipinski definition) is 4. The molecule has 0 spiro atoms. The first-order valence-electron chi connectivity index (χ1n) is 4.83. The summed E-state index contributed by atoms with van der Waals surface area (Å²) in [5, 5.41) is 14.4. The number of nitro groups is 1. The van der Waals surface area contributed by atoms with Gasteiger partial charge in [-0.05, 0) is 12.0 Å². The zero-order valence-corrected chi connectivity index (χ0v) is 10.6. The molecule has 0 aliphatic heterocycles. The lowest BCUT2D eigenvalue weighted by Crippen LogP contribution is -2.02. The van der Waals surface area contributed by atoms with Crippen LogP contribution in [0.1, 0.15) is 6.42 Å². The van der Waals surface area contributed by atoms with Crippen LogP contribution < -0.4 is 4.74 Å². The molecular weight excluding hydrogens is 283 g/mol. The molecule has 96 valence electrons. The molecule has 0 fully saturated rings. The molecule has 0 aliphatic rings. The van der Waals surface area contributed by atoms with E-state index < -0.39 is 4.92 Å². The van der Waals surface area contributed by atoms with Crippen molar-refractivity contribution in [3.63, 3.8) is 0 Å². The molecule has 18 heavy (non-hydrogen) atoms. The predicted octanol–water partition coefficient (Wildman–Crippen LogP) is 3.98.